The molecule has 0 aromatic heterocycles. The van der Waals surface area contributed by atoms with Crippen molar-refractivity contribution in [2.24, 2.45) is 5.92 Å². The maximum atomic E-state index is 12.1. The molecule has 0 saturated carbocycles. The number of ether oxygens (including phenoxy) is 2. The Morgan fingerprint density at radius 1 is 1.35 bits per heavy atom. The summed E-state index contributed by atoms with van der Waals surface area (Å²) in [5, 5.41) is 3.06. The summed E-state index contributed by atoms with van der Waals surface area (Å²) in [6.45, 7) is 1.55. The molecule has 1 aromatic rings. The summed E-state index contributed by atoms with van der Waals surface area (Å²) in [4.78, 5) is 24.1. The van der Waals surface area contributed by atoms with Gasteiger partial charge in [0.1, 0.15) is 5.75 Å². The van der Waals surface area contributed by atoms with Gasteiger partial charge in [-0.3, -0.25) is 9.59 Å². The molecular formula is C17H20ClNO4. The van der Waals surface area contributed by atoms with Crippen molar-refractivity contribution >= 4 is 29.2 Å². The quantitative estimate of drug-likeness (QED) is 0.659. The first-order valence-electron chi connectivity index (χ1n) is 7.51. The lowest BCUT2D eigenvalue weighted by atomic mass is 9.95. The largest absolute Gasteiger partial charge is 0.495 e. The van der Waals surface area contributed by atoms with Crippen LogP contribution in [0.2, 0.25) is 5.02 Å². The molecule has 0 aliphatic heterocycles. The smallest absolute Gasteiger partial charge is 0.310 e. The van der Waals surface area contributed by atoms with Crippen molar-refractivity contribution in [3.05, 3.63) is 35.4 Å². The molecule has 0 spiro atoms. The number of allylic oxidation sites excluding steroid dienone is 2. The van der Waals surface area contributed by atoms with Crippen LogP contribution < -0.4 is 10.1 Å². The number of halogens is 1. The van der Waals surface area contributed by atoms with Gasteiger partial charge in [-0.15, -0.1) is 0 Å². The van der Waals surface area contributed by atoms with E-state index in [0.717, 1.165) is 12.8 Å². The normalized spacial score (nSPS) is 18.1. The summed E-state index contributed by atoms with van der Waals surface area (Å²) >= 11 is 6.01. The Labute approximate surface area is 140 Å². The molecule has 1 N–H and O–H groups in total. The fourth-order valence-corrected chi connectivity index (χ4v) is 2.58. The van der Waals surface area contributed by atoms with Gasteiger partial charge in [0.15, 0.2) is 6.10 Å². The van der Waals surface area contributed by atoms with Crippen LogP contribution in [-0.2, 0) is 14.3 Å². The van der Waals surface area contributed by atoms with Crippen LogP contribution in [0.5, 0.6) is 5.75 Å². The van der Waals surface area contributed by atoms with Crippen LogP contribution in [0.25, 0.3) is 0 Å². The van der Waals surface area contributed by atoms with Gasteiger partial charge in [0.2, 0.25) is 0 Å². The van der Waals surface area contributed by atoms with Crippen molar-refractivity contribution in [1.29, 1.82) is 0 Å². The Morgan fingerprint density at radius 2 is 2.13 bits per heavy atom. The minimum atomic E-state index is -0.866. The number of carbonyl (C=O) groups is 2. The monoisotopic (exact) mass is 337 g/mol. The molecule has 0 heterocycles. The third-order valence-electron chi connectivity index (χ3n) is 3.68. The first-order valence-corrected chi connectivity index (χ1v) is 7.89. The Bertz CT molecular complexity index is 615. The van der Waals surface area contributed by atoms with Gasteiger partial charge in [-0.05, 0) is 44.4 Å². The lowest BCUT2D eigenvalue weighted by Gasteiger charge is -2.19. The van der Waals surface area contributed by atoms with E-state index in [1.165, 1.54) is 7.11 Å². The van der Waals surface area contributed by atoms with Crippen LogP contribution in [0, 0.1) is 5.92 Å². The molecule has 5 nitrogen and oxygen atoms in total. The fraction of sp³-hybridized carbons (Fsp3) is 0.412. The van der Waals surface area contributed by atoms with Crippen LogP contribution in [0.15, 0.2) is 30.4 Å². The van der Waals surface area contributed by atoms with Crippen molar-refractivity contribution < 1.29 is 19.1 Å². The molecule has 1 aliphatic carbocycles. The number of amides is 1. The highest BCUT2D eigenvalue weighted by atomic mass is 35.5. The highest BCUT2D eigenvalue weighted by molar-refractivity contribution is 6.32. The standard InChI is InChI=1S/C17H20ClNO4/c1-11(23-17(21)12-6-4-3-5-7-12)16(20)19-13-8-9-15(22-2)14(18)10-13/h3-4,8-12H,5-7H2,1-2H3,(H,19,20)/t11-,12-/m1/s1. The molecule has 0 bridgehead atoms. The van der Waals surface area contributed by atoms with Gasteiger partial charge in [-0.1, -0.05) is 23.8 Å². The SMILES string of the molecule is COc1ccc(NC(=O)[C@@H](C)OC(=O)[C@@H]2CC=CCC2)cc1Cl. The third-order valence-corrected chi connectivity index (χ3v) is 3.98. The third kappa shape index (κ3) is 4.73. The van der Waals surface area contributed by atoms with E-state index in [-0.39, 0.29) is 11.9 Å². The lowest BCUT2D eigenvalue weighted by molar-refractivity contribution is -0.157. The minimum absolute atomic E-state index is 0.161. The van der Waals surface area contributed by atoms with Gasteiger partial charge in [-0.2, -0.15) is 0 Å². The maximum Gasteiger partial charge on any atom is 0.310 e. The van der Waals surface area contributed by atoms with E-state index >= 15 is 0 Å². The number of rotatable bonds is 5. The molecule has 2 rings (SSSR count). The Kier molecular flexibility index (Phi) is 6.04. The molecule has 124 valence electrons. The van der Waals surface area contributed by atoms with Crippen LogP contribution in [0.1, 0.15) is 26.2 Å². The number of hydrogen-bond acceptors (Lipinski definition) is 4. The second-order valence-electron chi connectivity index (χ2n) is 5.40. The van der Waals surface area contributed by atoms with E-state index in [2.05, 4.69) is 5.32 Å². The number of hydrogen-bond donors (Lipinski definition) is 1. The molecule has 23 heavy (non-hydrogen) atoms. The molecule has 1 aliphatic rings. The molecule has 2 atom stereocenters. The van der Waals surface area contributed by atoms with Crippen LogP contribution in [0.3, 0.4) is 0 Å². The van der Waals surface area contributed by atoms with E-state index in [1.54, 1.807) is 25.1 Å². The molecule has 0 saturated heterocycles. The molecule has 1 amide bonds. The number of benzene rings is 1. The van der Waals surface area contributed by atoms with Crippen molar-refractivity contribution in [2.45, 2.75) is 32.3 Å². The van der Waals surface area contributed by atoms with Gasteiger partial charge in [-0.25, -0.2) is 0 Å². The Morgan fingerprint density at radius 3 is 2.74 bits per heavy atom. The van der Waals surface area contributed by atoms with Crippen molar-refractivity contribution in [3.63, 3.8) is 0 Å². The van der Waals surface area contributed by atoms with Crippen LogP contribution in [-0.4, -0.2) is 25.1 Å². The summed E-state index contributed by atoms with van der Waals surface area (Å²) in [5.74, 6) is -0.365. The molecule has 0 fully saturated rings. The fourth-order valence-electron chi connectivity index (χ4n) is 2.32. The number of carbonyl (C=O) groups excluding carboxylic acids is 2. The second kappa shape index (κ2) is 8.02. The van der Waals surface area contributed by atoms with E-state index < -0.39 is 12.0 Å². The molecule has 0 unspecified atom stereocenters. The lowest BCUT2D eigenvalue weighted by Crippen LogP contribution is -2.32. The summed E-state index contributed by atoms with van der Waals surface area (Å²) < 4.78 is 10.3. The zero-order chi connectivity index (χ0) is 16.8. The highest BCUT2D eigenvalue weighted by Gasteiger charge is 2.25. The average molecular weight is 338 g/mol. The first-order chi connectivity index (χ1) is 11.0. The number of methoxy groups -OCH3 is 1. The van der Waals surface area contributed by atoms with Crippen molar-refractivity contribution in [3.8, 4) is 5.75 Å². The van der Waals surface area contributed by atoms with Gasteiger partial charge in [0.25, 0.3) is 5.91 Å². The molecular weight excluding hydrogens is 318 g/mol. The van der Waals surface area contributed by atoms with Crippen molar-refractivity contribution in [2.75, 3.05) is 12.4 Å². The predicted molar refractivity (Wildman–Crippen MR) is 88.7 cm³/mol. The summed E-state index contributed by atoms with van der Waals surface area (Å²) in [5.41, 5.74) is 0.518. The summed E-state index contributed by atoms with van der Waals surface area (Å²) in [7, 11) is 1.52. The maximum absolute atomic E-state index is 12.1. The van der Waals surface area contributed by atoms with Gasteiger partial charge in [0, 0.05) is 5.69 Å². The van der Waals surface area contributed by atoms with Crippen molar-refractivity contribution in [1.82, 2.24) is 0 Å². The van der Waals surface area contributed by atoms with E-state index in [4.69, 9.17) is 21.1 Å². The van der Waals surface area contributed by atoms with Gasteiger partial charge < -0.3 is 14.8 Å². The summed E-state index contributed by atoms with van der Waals surface area (Å²) in [6, 6.07) is 4.91. The zero-order valence-electron chi connectivity index (χ0n) is 13.2. The topological polar surface area (TPSA) is 64.6 Å². The number of nitrogens with one attached hydrogen (secondary N) is 1. The zero-order valence-corrected chi connectivity index (χ0v) is 13.9. The van der Waals surface area contributed by atoms with Gasteiger partial charge in [0.05, 0.1) is 18.1 Å². The summed E-state index contributed by atoms with van der Waals surface area (Å²) in [6.07, 6.45) is 5.45. The Hall–Kier alpha value is -2.01. The molecule has 6 heteroatoms. The van der Waals surface area contributed by atoms with Crippen LogP contribution >= 0.6 is 11.6 Å². The minimum Gasteiger partial charge on any atom is -0.495 e. The number of esters is 1. The highest BCUT2D eigenvalue weighted by Crippen LogP contribution is 2.27. The second-order valence-corrected chi connectivity index (χ2v) is 5.81. The van der Waals surface area contributed by atoms with E-state index in [1.807, 2.05) is 12.2 Å². The first kappa shape index (κ1) is 17.3. The van der Waals surface area contributed by atoms with E-state index in [0.29, 0.717) is 22.9 Å². The molecule has 0 radical (unpaired) electrons. The predicted octanol–water partition coefficient (Wildman–Crippen LogP) is 3.58. The average Bonchev–Trinajstić information content (AvgIpc) is 2.55. The van der Waals surface area contributed by atoms with Crippen LogP contribution in [0.4, 0.5) is 5.69 Å². The Balaban J connectivity index is 1.90. The van der Waals surface area contributed by atoms with Gasteiger partial charge >= 0.3 is 5.97 Å². The van der Waals surface area contributed by atoms with E-state index in [9.17, 15) is 9.59 Å². The molecule has 1 aromatic carbocycles. The number of anilines is 1.